The predicted octanol–water partition coefficient (Wildman–Crippen LogP) is 4.11. The summed E-state index contributed by atoms with van der Waals surface area (Å²) in [7, 11) is 0. The number of likely N-dealkylation sites (tertiary alicyclic amines) is 1. The first-order valence-corrected chi connectivity index (χ1v) is 8.63. The SMILES string of the molecule is O=C(Nc1c(F)cccc1F)C1CCN(C(=O)c2cccc(Cl)c2)CC1. The predicted molar refractivity (Wildman–Crippen MR) is 95.1 cm³/mol. The fourth-order valence-corrected chi connectivity index (χ4v) is 3.18. The molecule has 0 unspecified atom stereocenters. The van der Waals surface area contributed by atoms with E-state index in [0.29, 0.717) is 36.5 Å². The van der Waals surface area contributed by atoms with Gasteiger partial charge in [-0.2, -0.15) is 0 Å². The van der Waals surface area contributed by atoms with Crippen molar-refractivity contribution in [3.05, 3.63) is 64.7 Å². The number of para-hydroxylation sites is 1. The van der Waals surface area contributed by atoms with E-state index in [2.05, 4.69) is 5.32 Å². The number of anilines is 1. The standard InChI is InChI=1S/C19H17ClF2N2O2/c20-14-4-1-3-13(11-14)19(26)24-9-7-12(8-10-24)18(25)23-17-15(21)5-2-6-16(17)22/h1-6,11-12H,7-10H2,(H,23,25). The van der Waals surface area contributed by atoms with Crippen molar-refractivity contribution < 1.29 is 18.4 Å². The van der Waals surface area contributed by atoms with Gasteiger partial charge in [0.15, 0.2) is 0 Å². The van der Waals surface area contributed by atoms with Crippen LogP contribution in [0.3, 0.4) is 0 Å². The zero-order chi connectivity index (χ0) is 18.7. The van der Waals surface area contributed by atoms with Crippen LogP contribution in [0, 0.1) is 17.6 Å². The van der Waals surface area contributed by atoms with Crippen molar-refractivity contribution in [3.8, 4) is 0 Å². The summed E-state index contributed by atoms with van der Waals surface area (Å²) >= 11 is 5.91. The molecule has 136 valence electrons. The van der Waals surface area contributed by atoms with Gasteiger partial charge < -0.3 is 10.2 Å². The van der Waals surface area contributed by atoms with Crippen LogP contribution >= 0.6 is 11.6 Å². The minimum absolute atomic E-state index is 0.147. The number of hydrogen-bond acceptors (Lipinski definition) is 2. The van der Waals surface area contributed by atoms with Crippen molar-refractivity contribution >= 4 is 29.1 Å². The van der Waals surface area contributed by atoms with Crippen LogP contribution < -0.4 is 5.32 Å². The van der Waals surface area contributed by atoms with Crippen LogP contribution in [-0.2, 0) is 4.79 Å². The van der Waals surface area contributed by atoms with Gasteiger partial charge in [-0.3, -0.25) is 9.59 Å². The molecule has 0 aliphatic carbocycles. The van der Waals surface area contributed by atoms with Gasteiger partial charge in [0.05, 0.1) is 0 Å². The number of nitrogens with one attached hydrogen (secondary N) is 1. The van der Waals surface area contributed by atoms with Crippen LogP contribution in [0.2, 0.25) is 5.02 Å². The summed E-state index contributed by atoms with van der Waals surface area (Å²) in [5.74, 6) is -2.62. The highest BCUT2D eigenvalue weighted by Gasteiger charge is 2.28. The molecule has 1 aliphatic heterocycles. The highest BCUT2D eigenvalue weighted by Crippen LogP contribution is 2.24. The highest BCUT2D eigenvalue weighted by molar-refractivity contribution is 6.30. The first-order chi connectivity index (χ1) is 12.5. The molecule has 26 heavy (non-hydrogen) atoms. The molecule has 0 spiro atoms. The topological polar surface area (TPSA) is 49.4 Å². The first-order valence-electron chi connectivity index (χ1n) is 8.25. The monoisotopic (exact) mass is 378 g/mol. The van der Waals surface area contributed by atoms with Gasteiger partial charge in [0.25, 0.3) is 5.91 Å². The van der Waals surface area contributed by atoms with E-state index in [1.165, 1.54) is 6.07 Å². The Hall–Kier alpha value is -2.47. The number of nitrogens with zero attached hydrogens (tertiary/aromatic N) is 1. The molecule has 2 amide bonds. The van der Waals surface area contributed by atoms with Crippen LogP contribution in [0.25, 0.3) is 0 Å². The van der Waals surface area contributed by atoms with Gasteiger partial charge in [0.1, 0.15) is 17.3 Å². The Balaban J connectivity index is 1.60. The van der Waals surface area contributed by atoms with Crippen LogP contribution in [0.1, 0.15) is 23.2 Å². The van der Waals surface area contributed by atoms with E-state index in [1.54, 1.807) is 29.2 Å². The minimum atomic E-state index is -0.813. The van der Waals surface area contributed by atoms with Crippen LogP contribution in [0.15, 0.2) is 42.5 Å². The number of piperidine rings is 1. The number of hydrogen-bond donors (Lipinski definition) is 1. The van der Waals surface area contributed by atoms with Gasteiger partial charge in [0.2, 0.25) is 5.91 Å². The summed E-state index contributed by atoms with van der Waals surface area (Å²) in [5, 5.41) is 2.80. The molecule has 1 N–H and O–H groups in total. The van der Waals surface area contributed by atoms with Crippen LogP contribution in [0.5, 0.6) is 0 Å². The molecule has 0 aromatic heterocycles. The number of rotatable bonds is 3. The lowest BCUT2D eigenvalue weighted by Gasteiger charge is -2.31. The molecule has 3 rings (SSSR count). The Bertz CT molecular complexity index is 816. The zero-order valence-corrected chi connectivity index (χ0v) is 14.6. The summed E-state index contributed by atoms with van der Waals surface area (Å²) in [4.78, 5) is 26.4. The Morgan fingerprint density at radius 2 is 1.65 bits per heavy atom. The second-order valence-corrected chi connectivity index (χ2v) is 6.60. The number of benzene rings is 2. The van der Waals surface area contributed by atoms with E-state index in [9.17, 15) is 18.4 Å². The number of carbonyl (C=O) groups is 2. The molecule has 1 heterocycles. The van der Waals surface area contributed by atoms with Gasteiger partial charge in [-0.05, 0) is 43.2 Å². The van der Waals surface area contributed by atoms with E-state index < -0.39 is 29.1 Å². The summed E-state index contributed by atoms with van der Waals surface area (Å²) in [6, 6.07) is 10.1. The molecule has 0 atom stereocenters. The largest absolute Gasteiger partial charge is 0.339 e. The van der Waals surface area contributed by atoms with Crippen molar-refractivity contribution in [2.45, 2.75) is 12.8 Å². The quantitative estimate of drug-likeness (QED) is 0.873. The molecule has 4 nitrogen and oxygen atoms in total. The molecule has 1 saturated heterocycles. The molecule has 0 bridgehead atoms. The van der Waals surface area contributed by atoms with E-state index in [0.717, 1.165) is 12.1 Å². The van der Waals surface area contributed by atoms with Gasteiger partial charge in [-0.15, -0.1) is 0 Å². The maximum absolute atomic E-state index is 13.6. The van der Waals surface area contributed by atoms with E-state index in [4.69, 9.17) is 11.6 Å². The van der Waals surface area contributed by atoms with Gasteiger partial charge in [0, 0.05) is 29.6 Å². The Kier molecular flexibility index (Phi) is 5.52. The third-order valence-electron chi connectivity index (χ3n) is 4.44. The van der Waals surface area contributed by atoms with Crippen molar-refractivity contribution in [2.75, 3.05) is 18.4 Å². The third-order valence-corrected chi connectivity index (χ3v) is 4.67. The molecule has 0 radical (unpaired) electrons. The lowest BCUT2D eigenvalue weighted by molar-refractivity contribution is -0.121. The molecule has 0 saturated carbocycles. The summed E-state index contributed by atoms with van der Waals surface area (Å²) in [6.07, 6.45) is 0.850. The fraction of sp³-hybridized carbons (Fsp3) is 0.263. The fourth-order valence-electron chi connectivity index (χ4n) is 2.99. The van der Waals surface area contributed by atoms with Crippen LogP contribution in [-0.4, -0.2) is 29.8 Å². The maximum atomic E-state index is 13.6. The third kappa shape index (κ3) is 4.02. The number of halogens is 3. The molecular weight excluding hydrogens is 362 g/mol. The Morgan fingerprint density at radius 1 is 1.04 bits per heavy atom. The van der Waals surface area contributed by atoms with E-state index in [1.807, 2.05) is 0 Å². The van der Waals surface area contributed by atoms with E-state index >= 15 is 0 Å². The van der Waals surface area contributed by atoms with Crippen LogP contribution in [0.4, 0.5) is 14.5 Å². The molecule has 7 heteroatoms. The van der Waals surface area contributed by atoms with Gasteiger partial charge in [-0.1, -0.05) is 23.7 Å². The first kappa shape index (κ1) is 18.3. The Morgan fingerprint density at radius 3 is 2.27 bits per heavy atom. The van der Waals surface area contributed by atoms with Crippen molar-refractivity contribution in [2.24, 2.45) is 5.92 Å². The smallest absolute Gasteiger partial charge is 0.253 e. The average molecular weight is 379 g/mol. The maximum Gasteiger partial charge on any atom is 0.253 e. The van der Waals surface area contributed by atoms with Crippen molar-refractivity contribution in [1.29, 1.82) is 0 Å². The molecular formula is C19H17ClF2N2O2. The Labute approximate surface area is 154 Å². The number of carbonyl (C=O) groups excluding carboxylic acids is 2. The molecule has 1 fully saturated rings. The minimum Gasteiger partial charge on any atom is -0.339 e. The molecule has 1 aliphatic rings. The summed E-state index contributed by atoms with van der Waals surface area (Å²) < 4.78 is 27.3. The van der Waals surface area contributed by atoms with Gasteiger partial charge >= 0.3 is 0 Å². The second-order valence-electron chi connectivity index (χ2n) is 6.16. The normalized spacial score (nSPS) is 15.0. The lowest BCUT2D eigenvalue weighted by atomic mass is 9.95. The number of amides is 2. The lowest BCUT2D eigenvalue weighted by Crippen LogP contribution is -2.41. The molecule has 2 aromatic rings. The van der Waals surface area contributed by atoms with E-state index in [-0.39, 0.29) is 5.91 Å². The zero-order valence-electron chi connectivity index (χ0n) is 13.8. The van der Waals surface area contributed by atoms with Gasteiger partial charge in [-0.25, -0.2) is 8.78 Å². The molecule has 2 aromatic carbocycles. The summed E-state index contributed by atoms with van der Waals surface area (Å²) in [5.41, 5.74) is 0.0590. The average Bonchev–Trinajstić information content (AvgIpc) is 2.64. The van der Waals surface area contributed by atoms with Crippen molar-refractivity contribution in [1.82, 2.24) is 4.90 Å². The summed E-state index contributed by atoms with van der Waals surface area (Å²) in [6.45, 7) is 0.784. The second kappa shape index (κ2) is 7.83. The van der Waals surface area contributed by atoms with Crippen molar-refractivity contribution in [3.63, 3.8) is 0 Å². The highest BCUT2D eigenvalue weighted by atomic mass is 35.5.